The van der Waals surface area contributed by atoms with Crippen LogP contribution in [0.2, 0.25) is 0 Å². The van der Waals surface area contributed by atoms with Gasteiger partial charge in [0, 0.05) is 6.54 Å². The third-order valence-corrected chi connectivity index (χ3v) is 3.71. The first kappa shape index (κ1) is 12.7. The van der Waals surface area contributed by atoms with Gasteiger partial charge in [-0.05, 0) is 35.2 Å². The van der Waals surface area contributed by atoms with E-state index in [-0.39, 0.29) is 11.9 Å². The summed E-state index contributed by atoms with van der Waals surface area (Å²) < 4.78 is 13.1. The van der Waals surface area contributed by atoms with Gasteiger partial charge in [0.25, 0.3) is 0 Å². The maximum Gasteiger partial charge on any atom is 0.408 e. The van der Waals surface area contributed by atoms with Gasteiger partial charge in [0.1, 0.15) is 5.82 Å². The van der Waals surface area contributed by atoms with Crippen molar-refractivity contribution in [2.75, 3.05) is 6.54 Å². The van der Waals surface area contributed by atoms with Crippen LogP contribution in [0, 0.1) is 5.82 Å². The van der Waals surface area contributed by atoms with Gasteiger partial charge in [-0.2, -0.15) is 0 Å². The van der Waals surface area contributed by atoms with Crippen molar-refractivity contribution >= 4 is 6.09 Å². The zero-order valence-electron chi connectivity index (χ0n) is 10.8. The Morgan fingerprint density at radius 1 is 1.15 bits per heavy atom. The summed E-state index contributed by atoms with van der Waals surface area (Å²) >= 11 is 0. The second-order valence-electron chi connectivity index (χ2n) is 4.88. The summed E-state index contributed by atoms with van der Waals surface area (Å²) in [6.45, 7) is 0.453. The van der Waals surface area contributed by atoms with Crippen LogP contribution < -0.4 is 0 Å². The van der Waals surface area contributed by atoms with E-state index >= 15 is 0 Å². The van der Waals surface area contributed by atoms with Crippen LogP contribution in [-0.2, 0) is 6.42 Å². The molecule has 1 aliphatic heterocycles. The quantitative estimate of drug-likeness (QED) is 0.863. The Labute approximate surface area is 116 Å². The molecule has 3 nitrogen and oxygen atoms in total. The summed E-state index contributed by atoms with van der Waals surface area (Å²) in [5, 5.41) is 9.40. The predicted molar refractivity (Wildman–Crippen MR) is 73.1 cm³/mol. The van der Waals surface area contributed by atoms with Crippen LogP contribution in [0.3, 0.4) is 0 Å². The van der Waals surface area contributed by atoms with E-state index < -0.39 is 6.09 Å². The molecular weight excluding hydrogens is 257 g/mol. The number of hydrogen-bond acceptors (Lipinski definition) is 1. The van der Waals surface area contributed by atoms with Gasteiger partial charge in [-0.3, -0.25) is 4.90 Å². The number of rotatable bonds is 1. The molecule has 1 atom stereocenters. The maximum absolute atomic E-state index is 13.1. The summed E-state index contributed by atoms with van der Waals surface area (Å²) in [6.07, 6.45) is -0.242. The third kappa shape index (κ3) is 2.13. The second-order valence-corrected chi connectivity index (χ2v) is 4.88. The molecule has 2 aromatic rings. The lowest BCUT2D eigenvalue weighted by molar-refractivity contribution is 0.129. The minimum absolute atomic E-state index is 0.320. The Kier molecular flexibility index (Phi) is 3.14. The lowest BCUT2D eigenvalue weighted by Crippen LogP contribution is -2.39. The molecule has 1 aliphatic rings. The van der Waals surface area contributed by atoms with Gasteiger partial charge >= 0.3 is 6.09 Å². The van der Waals surface area contributed by atoms with Crippen LogP contribution in [0.4, 0.5) is 9.18 Å². The van der Waals surface area contributed by atoms with E-state index in [1.54, 1.807) is 12.1 Å². The zero-order chi connectivity index (χ0) is 14.1. The molecule has 102 valence electrons. The number of amides is 1. The fourth-order valence-electron chi connectivity index (χ4n) is 2.78. The van der Waals surface area contributed by atoms with Crippen molar-refractivity contribution in [3.8, 4) is 0 Å². The summed E-state index contributed by atoms with van der Waals surface area (Å²) in [7, 11) is 0. The highest BCUT2D eigenvalue weighted by Crippen LogP contribution is 2.35. The van der Waals surface area contributed by atoms with E-state index in [0.717, 1.165) is 16.7 Å². The van der Waals surface area contributed by atoms with Crippen molar-refractivity contribution in [1.82, 2.24) is 4.90 Å². The molecular formula is C16H14FNO2. The van der Waals surface area contributed by atoms with Gasteiger partial charge in [-0.1, -0.05) is 36.4 Å². The van der Waals surface area contributed by atoms with Crippen LogP contribution in [0.1, 0.15) is 22.7 Å². The molecule has 3 rings (SSSR count). The van der Waals surface area contributed by atoms with Crippen LogP contribution in [0.15, 0.2) is 48.5 Å². The second kappa shape index (κ2) is 4.96. The van der Waals surface area contributed by atoms with E-state index in [1.807, 2.05) is 24.3 Å². The topological polar surface area (TPSA) is 40.5 Å². The lowest BCUT2D eigenvalue weighted by atomic mass is 9.88. The smallest absolute Gasteiger partial charge is 0.408 e. The van der Waals surface area contributed by atoms with E-state index in [1.165, 1.54) is 17.0 Å². The molecule has 0 aliphatic carbocycles. The molecule has 0 spiro atoms. The molecule has 2 aromatic carbocycles. The summed E-state index contributed by atoms with van der Waals surface area (Å²) in [6, 6.07) is 13.5. The molecule has 0 bridgehead atoms. The zero-order valence-corrected chi connectivity index (χ0v) is 10.8. The molecule has 1 unspecified atom stereocenters. The van der Waals surface area contributed by atoms with Gasteiger partial charge in [0.05, 0.1) is 6.04 Å². The van der Waals surface area contributed by atoms with E-state index in [2.05, 4.69) is 0 Å². The average Bonchev–Trinajstić information content (AvgIpc) is 2.47. The molecule has 0 saturated carbocycles. The van der Waals surface area contributed by atoms with E-state index in [9.17, 15) is 14.3 Å². The van der Waals surface area contributed by atoms with Crippen molar-refractivity contribution in [2.45, 2.75) is 12.5 Å². The summed E-state index contributed by atoms with van der Waals surface area (Å²) in [5.41, 5.74) is 2.92. The minimum atomic E-state index is -0.950. The number of hydrogen-bond donors (Lipinski definition) is 1. The fraction of sp³-hybridized carbons (Fsp3) is 0.188. The van der Waals surface area contributed by atoms with Crippen LogP contribution >= 0.6 is 0 Å². The highest BCUT2D eigenvalue weighted by atomic mass is 19.1. The first-order chi connectivity index (χ1) is 9.66. The number of fused-ring (bicyclic) bond motifs is 1. The van der Waals surface area contributed by atoms with E-state index in [4.69, 9.17) is 0 Å². The van der Waals surface area contributed by atoms with Gasteiger partial charge < -0.3 is 5.11 Å². The van der Waals surface area contributed by atoms with Gasteiger partial charge in [0.2, 0.25) is 0 Å². The molecule has 1 N–H and O–H groups in total. The Morgan fingerprint density at radius 2 is 1.85 bits per heavy atom. The van der Waals surface area contributed by atoms with Crippen molar-refractivity contribution in [2.24, 2.45) is 0 Å². The molecule has 1 heterocycles. The molecule has 0 saturated heterocycles. The Bertz CT molecular complexity index is 639. The summed E-state index contributed by atoms with van der Waals surface area (Å²) in [4.78, 5) is 12.9. The van der Waals surface area contributed by atoms with Crippen LogP contribution in [0.5, 0.6) is 0 Å². The van der Waals surface area contributed by atoms with Gasteiger partial charge in [0.15, 0.2) is 0 Å². The third-order valence-electron chi connectivity index (χ3n) is 3.71. The number of carbonyl (C=O) groups is 1. The standard InChI is InChI=1S/C16H14FNO2/c17-13-7-5-12(6-8-13)15-14-4-2-1-3-11(14)9-10-18(15)16(19)20/h1-8,15H,9-10H2,(H,19,20). The number of benzene rings is 2. The lowest BCUT2D eigenvalue weighted by Gasteiger charge is -2.35. The average molecular weight is 271 g/mol. The number of carboxylic acid groups (broad SMARTS) is 1. The van der Waals surface area contributed by atoms with Crippen LogP contribution in [-0.4, -0.2) is 22.6 Å². The Morgan fingerprint density at radius 3 is 2.55 bits per heavy atom. The largest absolute Gasteiger partial charge is 0.465 e. The SMILES string of the molecule is O=C(O)N1CCc2ccccc2C1c1ccc(F)cc1. The van der Waals surface area contributed by atoms with Crippen molar-refractivity contribution in [3.05, 3.63) is 71.0 Å². The van der Waals surface area contributed by atoms with Gasteiger partial charge in [-0.25, -0.2) is 9.18 Å². The van der Waals surface area contributed by atoms with Crippen molar-refractivity contribution in [3.63, 3.8) is 0 Å². The highest BCUT2D eigenvalue weighted by Gasteiger charge is 2.31. The molecule has 0 fully saturated rings. The van der Waals surface area contributed by atoms with E-state index in [0.29, 0.717) is 13.0 Å². The summed E-state index contributed by atoms with van der Waals surface area (Å²) in [5.74, 6) is -0.320. The van der Waals surface area contributed by atoms with Crippen molar-refractivity contribution in [1.29, 1.82) is 0 Å². The first-order valence-electron chi connectivity index (χ1n) is 6.49. The molecule has 0 aromatic heterocycles. The number of halogens is 1. The van der Waals surface area contributed by atoms with Crippen LogP contribution in [0.25, 0.3) is 0 Å². The normalized spacial score (nSPS) is 17.6. The Hall–Kier alpha value is -2.36. The first-order valence-corrected chi connectivity index (χ1v) is 6.49. The molecule has 4 heteroatoms. The monoisotopic (exact) mass is 271 g/mol. The maximum atomic E-state index is 13.1. The predicted octanol–water partition coefficient (Wildman–Crippen LogP) is 3.45. The highest BCUT2D eigenvalue weighted by molar-refractivity contribution is 5.67. The molecule has 1 amide bonds. The molecule has 0 radical (unpaired) electrons. The Balaban J connectivity index is 2.11. The molecule has 20 heavy (non-hydrogen) atoms. The number of nitrogens with zero attached hydrogens (tertiary/aromatic N) is 1. The van der Waals surface area contributed by atoms with Crippen molar-refractivity contribution < 1.29 is 14.3 Å². The van der Waals surface area contributed by atoms with Gasteiger partial charge in [-0.15, -0.1) is 0 Å². The minimum Gasteiger partial charge on any atom is -0.465 e. The fourth-order valence-corrected chi connectivity index (χ4v) is 2.78.